The van der Waals surface area contributed by atoms with Crippen LogP contribution in [0.5, 0.6) is 17.2 Å². The molecule has 0 spiro atoms. The van der Waals surface area contributed by atoms with Gasteiger partial charge in [-0.2, -0.15) is 0 Å². The van der Waals surface area contributed by atoms with Crippen LogP contribution in [-0.2, 0) is 11.3 Å². The second kappa shape index (κ2) is 7.04. The second-order valence-electron chi connectivity index (χ2n) is 4.39. The van der Waals surface area contributed by atoms with Gasteiger partial charge in [0.2, 0.25) is 0 Å². The normalized spacial score (nSPS) is 10.1. The molecule has 6 heteroatoms. The molecule has 1 N–H and O–H groups in total. The molecule has 2 aromatic rings. The molecule has 2 rings (SSSR count). The van der Waals surface area contributed by atoms with Crippen LogP contribution in [0.4, 0.5) is 0 Å². The van der Waals surface area contributed by atoms with E-state index in [-0.39, 0.29) is 23.7 Å². The molecule has 0 unspecified atom stereocenters. The molecule has 22 heavy (non-hydrogen) atoms. The van der Waals surface area contributed by atoms with Crippen molar-refractivity contribution in [2.75, 3.05) is 14.2 Å². The molecule has 0 bridgehead atoms. The Morgan fingerprint density at radius 2 is 1.86 bits per heavy atom. The van der Waals surface area contributed by atoms with Gasteiger partial charge in [0.05, 0.1) is 14.2 Å². The maximum absolute atomic E-state index is 12.1. The van der Waals surface area contributed by atoms with Crippen molar-refractivity contribution >= 4 is 17.6 Å². The van der Waals surface area contributed by atoms with Crippen LogP contribution >= 0.6 is 11.6 Å². The topological polar surface area (TPSA) is 65.0 Å². The van der Waals surface area contributed by atoms with Gasteiger partial charge in [-0.1, -0.05) is 17.7 Å². The number of phenols is 1. The predicted octanol–water partition coefficient (Wildman–Crippen LogP) is 3.42. The maximum Gasteiger partial charge on any atom is 0.342 e. The highest BCUT2D eigenvalue weighted by atomic mass is 35.5. The molecule has 0 fully saturated rings. The number of carbonyl (C=O) groups excluding carboxylic acids is 1. The zero-order valence-corrected chi connectivity index (χ0v) is 12.9. The monoisotopic (exact) mass is 322 g/mol. The van der Waals surface area contributed by atoms with Gasteiger partial charge in [-0.3, -0.25) is 0 Å². The Balaban J connectivity index is 2.15. The molecule has 116 valence electrons. The van der Waals surface area contributed by atoms with E-state index < -0.39 is 5.97 Å². The number of aromatic hydroxyl groups is 1. The molecule has 0 aliphatic rings. The lowest BCUT2D eigenvalue weighted by molar-refractivity contribution is 0.0466. The van der Waals surface area contributed by atoms with Crippen molar-refractivity contribution < 1.29 is 24.1 Å². The van der Waals surface area contributed by atoms with E-state index in [2.05, 4.69) is 0 Å². The summed E-state index contributed by atoms with van der Waals surface area (Å²) >= 11 is 5.92. The number of rotatable bonds is 5. The van der Waals surface area contributed by atoms with Crippen LogP contribution in [0.3, 0.4) is 0 Å². The van der Waals surface area contributed by atoms with Crippen molar-refractivity contribution in [2.45, 2.75) is 6.61 Å². The maximum atomic E-state index is 12.1. The summed E-state index contributed by atoms with van der Waals surface area (Å²) in [5.74, 6) is -0.159. The van der Waals surface area contributed by atoms with E-state index in [9.17, 15) is 9.90 Å². The van der Waals surface area contributed by atoms with E-state index in [0.29, 0.717) is 16.3 Å². The summed E-state index contributed by atoms with van der Waals surface area (Å²) in [4.78, 5) is 12.1. The largest absolute Gasteiger partial charge is 0.504 e. The number of halogens is 1. The summed E-state index contributed by atoms with van der Waals surface area (Å²) in [6.07, 6.45) is 0. The van der Waals surface area contributed by atoms with Gasteiger partial charge in [0, 0.05) is 10.6 Å². The van der Waals surface area contributed by atoms with Crippen LogP contribution in [0.15, 0.2) is 36.4 Å². The molecule has 0 radical (unpaired) electrons. The number of ether oxygens (including phenoxy) is 3. The second-order valence-corrected chi connectivity index (χ2v) is 4.83. The van der Waals surface area contributed by atoms with Crippen LogP contribution in [0, 0.1) is 0 Å². The molecule has 0 saturated heterocycles. The van der Waals surface area contributed by atoms with E-state index >= 15 is 0 Å². The first-order valence-corrected chi connectivity index (χ1v) is 6.80. The standard InChI is InChI=1S/C16H15ClO5/c1-20-13-7-6-11(17)8-10(13)9-22-16(19)12-4-3-5-14(21-2)15(12)18/h3-8,18H,9H2,1-2H3. The van der Waals surface area contributed by atoms with Gasteiger partial charge in [-0.15, -0.1) is 0 Å². The van der Waals surface area contributed by atoms with Gasteiger partial charge in [0.15, 0.2) is 11.5 Å². The summed E-state index contributed by atoms with van der Waals surface area (Å²) in [7, 11) is 2.92. The van der Waals surface area contributed by atoms with E-state index in [4.69, 9.17) is 25.8 Å². The third-order valence-corrected chi connectivity index (χ3v) is 3.28. The lowest BCUT2D eigenvalue weighted by Gasteiger charge is -2.11. The Kier molecular flexibility index (Phi) is 5.12. The fraction of sp³-hybridized carbons (Fsp3) is 0.188. The van der Waals surface area contributed by atoms with Crippen LogP contribution in [0.1, 0.15) is 15.9 Å². The van der Waals surface area contributed by atoms with Crippen LogP contribution < -0.4 is 9.47 Å². The molecule has 0 heterocycles. The highest BCUT2D eigenvalue weighted by molar-refractivity contribution is 6.30. The minimum atomic E-state index is -0.668. The fourth-order valence-corrected chi connectivity index (χ4v) is 2.13. The molecule has 0 aliphatic heterocycles. The Morgan fingerprint density at radius 3 is 2.55 bits per heavy atom. The summed E-state index contributed by atoms with van der Waals surface area (Å²) in [6, 6.07) is 9.61. The molecular weight excluding hydrogens is 308 g/mol. The highest BCUT2D eigenvalue weighted by Gasteiger charge is 2.17. The average Bonchev–Trinajstić information content (AvgIpc) is 2.53. The van der Waals surface area contributed by atoms with E-state index in [1.54, 1.807) is 30.3 Å². The van der Waals surface area contributed by atoms with Crippen LogP contribution in [-0.4, -0.2) is 25.3 Å². The van der Waals surface area contributed by atoms with Gasteiger partial charge in [0.1, 0.15) is 17.9 Å². The highest BCUT2D eigenvalue weighted by Crippen LogP contribution is 2.30. The van der Waals surface area contributed by atoms with Gasteiger partial charge < -0.3 is 19.3 Å². The zero-order valence-electron chi connectivity index (χ0n) is 12.1. The summed E-state index contributed by atoms with van der Waals surface area (Å²) in [5.41, 5.74) is 0.658. The van der Waals surface area contributed by atoms with Crippen molar-refractivity contribution in [3.8, 4) is 17.2 Å². The molecule has 0 aliphatic carbocycles. The molecule has 0 aromatic heterocycles. The Labute approximate surface area is 133 Å². The number of hydrogen-bond donors (Lipinski definition) is 1. The summed E-state index contributed by atoms with van der Waals surface area (Å²) in [6.45, 7) is -0.0286. The molecule has 0 amide bonds. The molecule has 0 atom stereocenters. The quantitative estimate of drug-likeness (QED) is 0.854. The number of esters is 1. The molecular formula is C16H15ClO5. The zero-order chi connectivity index (χ0) is 16.1. The number of hydrogen-bond acceptors (Lipinski definition) is 5. The molecule has 2 aromatic carbocycles. The summed E-state index contributed by atoms with van der Waals surface area (Å²) in [5, 5.41) is 10.4. The lowest BCUT2D eigenvalue weighted by atomic mass is 10.2. The molecule has 0 saturated carbocycles. The Morgan fingerprint density at radius 1 is 1.14 bits per heavy atom. The third kappa shape index (κ3) is 3.43. The van der Waals surface area contributed by atoms with Crippen molar-refractivity contribution in [3.63, 3.8) is 0 Å². The van der Waals surface area contributed by atoms with Gasteiger partial charge in [0.25, 0.3) is 0 Å². The Bertz CT molecular complexity index is 684. The SMILES string of the molecule is COc1ccc(Cl)cc1COC(=O)c1cccc(OC)c1O. The van der Waals surface area contributed by atoms with Crippen molar-refractivity contribution in [2.24, 2.45) is 0 Å². The minimum absolute atomic E-state index is 0.0281. The van der Waals surface area contributed by atoms with Crippen LogP contribution in [0.25, 0.3) is 0 Å². The number of para-hydroxylation sites is 1. The fourth-order valence-electron chi connectivity index (χ4n) is 1.93. The first kappa shape index (κ1) is 16.0. The van der Waals surface area contributed by atoms with Crippen molar-refractivity contribution in [1.82, 2.24) is 0 Å². The molecule has 5 nitrogen and oxygen atoms in total. The minimum Gasteiger partial charge on any atom is -0.504 e. The number of benzene rings is 2. The first-order valence-electron chi connectivity index (χ1n) is 6.42. The predicted molar refractivity (Wildman–Crippen MR) is 81.8 cm³/mol. The van der Waals surface area contributed by atoms with Gasteiger partial charge in [-0.05, 0) is 30.3 Å². The van der Waals surface area contributed by atoms with E-state index in [1.165, 1.54) is 20.3 Å². The smallest absolute Gasteiger partial charge is 0.342 e. The van der Waals surface area contributed by atoms with Gasteiger partial charge >= 0.3 is 5.97 Å². The average molecular weight is 323 g/mol. The van der Waals surface area contributed by atoms with Crippen molar-refractivity contribution in [3.05, 3.63) is 52.5 Å². The first-order chi connectivity index (χ1) is 10.6. The van der Waals surface area contributed by atoms with E-state index in [1.807, 2.05) is 0 Å². The van der Waals surface area contributed by atoms with Gasteiger partial charge in [-0.25, -0.2) is 4.79 Å². The lowest BCUT2D eigenvalue weighted by Crippen LogP contribution is -2.07. The summed E-state index contributed by atoms with van der Waals surface area (Å²) < 4.78 is 15.3. The number of carbonyl (C=O) groups is 1. The van der Waals surface area contributed by atoms with E-state index in [0.717, 1.165) is 0 Å². The number of methoxy groups -OCH3 is 2. The van der Waals surface area contributed by atoms with Crippen molar-refractivity contribution in [1.29, 1.82) is 0 Å². The number of phenolic OH excluding ortho intramolecular Hbond substituents is 1. The Hall–Kier alpha value is -2.40. The third-order valence-electron chi connectivity index (χ3n) is 3.04. The van der Waals surface area contributed by atoms with Crippen LogP contribution in [0.2, 0.25) is 5.02 Å².